The van der Waals surface area contributed by atoms with E-state index in [4.69, 9.17) is 21.6 Å². The zero-order chi connectivity index (χ0) is 14.6. The third kappa shape index (κ3) is 3.60. The van der Waals surface area contributed by atoms with Crippen molar-refractivity contribution in [1.82, 2.24) is 4.98 Å². The summed E-state index contributed by atoms with van der Waals surface area (Å²) in [5.74, 6) is 0.397. The summed E-state index contributed by atoms with van der Waals surface area (Å²) < 4.78 is 31.7. The SMILES string of the molecule is N#CCOc1cccc(NS(=O)(=O)c2cnc(Cl)s2)c1. The van der Waals surface area contributed by atoms with E-state index < -0.39 is 10.0 Å². The first-order chi connectivity index (χ1) is 9.51. The van der Waals surface area contributed by atoms with Crippen LogP contribution in [-0.2, 0) is 10.0 Å². The highest BCUT2D eigenvalue weighted by molar-refractivity contribution is 7.94. The van der Waals surface area contributed by atoms with Gasteiger partial charge in [-0.15, -0.1) is 0 Å². The Kier molecular flexibility index (Phi) is 4.44. The molecular weight excluding hydrogens is 322 g/mol. The van der Waals surface area contributed by atoms with Gasteiger partial charge in [0.25, 0.3) is 10.0 Å². The van der Waals surface area contributed by atoms with Gasteiger partial charge in [0.05, 0.1) is 11.9 Å². The Balaban J connectivity index is 2.19. The maximum Gasteiger partial charge on any atom is 0.273 e. The monoisotopic (exact) mass is 329 g/mol. The predicted molar refractivity (Wildman–Crippen MR) is 75.5 cm³/mol. The summed E-state index contributed by atoms with van der Waals surface area (Å²) >= 11 is 6.48. The standard InChI is InChI=1S/C11H8ClN3O3S2/c12-11-14-7-10(19-11)20(16,17)15-8-2-1-3-9(6-8)18-5-4-13/h1-3,6-7,15H,5H2. The van der Waals surface area contributed by atoms with Crippen LogP contribution in [0, 0.1) is 11.3 Å². The van der Waals surface area contributed by atoms with Crippen LogP contribution in [0.1, 0.15) is 0 Å². The van der Waals surface area contributed by atoms with Gasteiger partial charge in [0.2, 0.25) is 0 Å². The lowest BCUT2D eigenvalue weighted by Gasteiger charge is -2.07. The van der Waals surface area contributed by atoms with E-state index in [1.54, 1.807) is 18.2 Å². The number of ether oxygens (including phenoxy) is 1. The van der Waals surface area contributed by atoms with Gasteiger partial charge in [-0.3, -0.25) is 4.72 Å². The Morgan fingerprint density at radius 3 is 2.95 bits per heavy atom. The van der Waals surface area contributed by atoms with Crippen LogP contribution in [0.5, 0.6) is 5.75 Å². The lowest BCUT2D eigenvalue weighted by molar-refractivity contribution is 0.368. The van der Waals surface area contributed by atoms with Crippen LogP contribution < -0.4 is 9.46 Å². The van der Waals surface area contributed by atoms with Gasteiger partial charge in [-0.25, -0.2) is 13.4 Å². The van der Waals surface area contributed by atoms with E-state index >= 15 is 0 Å². The van der Waals surface area contributed by atoms with Crippen LogP contribution in [0.2, 0.25) is 4.47 Å². The number of anilines is 1. The second-order valence-corrected chi connectivity index (χ2v) is 7.03. The molecule has 0 atom stereocenters. The van der Waals surface area contributed by atoms with E-state index in [-0.39, 0.29) is 15.3 Å². The first-order valence-corrected chi connectivity index (χ1v) is 7.93. The molecule has 1 aromatic heterocycles. The number of rotatable bonds is 5. The quantitative estimate of drug-likeness (QED) is 0.909. The van der Waals surface area contributed by atoms with Crippen molar-refractivity contribution in [2.45, 2.75) is 4.21 Å². The lowest BCUT2D eigenvalue weighted by Crippen LogP contribution is -2.11. The molecule has 9 heteroatoms. The van der Waals surface area contributed by atoms with Crippen LogP contribution in [0.15, 0.2) is 34.7 Å². The highest BCUT2D eigenvalue weighted by Crippen LogP contribution is 2.25. The van der Waals surface area contributed by atoms with Crippen molar-refractivity contribution in [3.05, 3.63) is 34.9 Å². The molecule has 6 nitrogen and oxygen atoms in total. The van der Waals surface area contributed by atoms with E-state index in [2.05, 4.69) is 9.71 Å². The van der Waals surface area contributed by atoms with Crippen LogP contribution in [-0.4, -0.2) is 20.0 Å². The van der Waals surface area contributed by atoms with E-state index in [9.17, 15) is 8.42 Å². The highest BCUT2D eigenvalue weighted by Gasteiger charge is 2.17. The van der Waals surface area contributed by atoms with Gasteiger partial charge in [0, 0.05) is 6.07 Å². The second kappa shape index (κ2) is 6.09. The predicted octanol–water partition coefficient (Wildman–Crippen LogP) is 2.50. The lowest BCUT2D eigenvalue weighted by atomic mass is 10.3. The molecular formula is C11H8ClN3O3S2. The molecule has 0 aliphatic heterocycles. The minimum Gasteiger partial charge on any atom is -0.479 e. The number of benzene rings is 1. The average molecular weight is 330 g/mol. The van der Waals surface area contributed by atoms with Gasteiger partial charge >= 0.3 is 0 Å². The van der Waals surface area contributed by atoms with E-state index in [0.717, 1.165) is 11.3 Å². The molecule has 0 radical (unpaired) electrons. The molecule has 1 heterocycles. The van der Waals surface area contributed by atoms with Gasteiger partial charge in [-0.1, -0.05) is 29.0 Å². The molecule has 0 saturated carbocycles. The van der Waals surface area contributed by atoms with Crippen molar-refractivity contribution in [2.24, 2.45) is 0 Å². The molecule has 2 rings (SSSR count). The molecule has 0 aliphatic rings. The molecule has 0 aliphatic carbocycles. The molecule has 2 aromatic rings. The molecule has 1 N–H and O–H groups in total. The van der Waals surface area contributed by atoms with Crippen molar-refractivity contribution in [2.75, 3.05) is 11.3 Å². The minimum absolute atomic E-state index is 0.0193. The highest BCUT2D eigenvalue weighted by atomic mass is 35.5. The first-order valence-electron chi connectivity index (χ1n) is 5.25. The number of thiazole rings is 1. The van der Waals surface area contributed by atoms with Gasteiger partial charge in [0.1, 0.15) is 11.8 Å². The van der Waals surface area contributed by atoms with E-state index in [1.807, 2.05) is 6.07 Å². The molecule has 0 saturated heterocycles. The summed E-state index contributed by atoms with van der Waals surface area (Å²) in [7, 11) is -3.73. The molecule has 1 aromatic carbocycles. The number of nitriles is 1. The number of nitrogens with zero attached hydrogens (tertiary/aromatic N) is 2. The Morgan fingerprint density at radius 2 is 2.30 bits per heavy atom. The molecule has 0 spiro atoms. The summed E-state index contributed by atoms with van der Waals surface area (Å²) in [5, 5.41) is 8.43. The number of hydrogen-bond donors (Lipinski definition) is 1. The Morgan fingerprint density at radius 1 is 1.50 bits per heavy atom. The summed E-state index contributed by atoms with van der Waals surface area (Å²) in [6.07, 6.45) is 1.19. The maximum atomic E-state index is 12.0. The van der Waals surface area contributed by atoms with Gasteiger partial charge in [-0.2, -0.15) is 5.26 Å². The van der Waals surface area contributed by atoms with Gasteiger partial charge < -0.3 is 4.74 Å². The molecule has 0 amide bonds. The van der Waals surface area contributed by atoms with Crippen molar-refractivity contribution in [3.63, 3.8) is 0 Å². The van der Waals surface area contributed by atoms with Crippen LogP contribution in [0.25, 0.3) is 0 Å². The van der Waals surface area contributed by atoms with Crippen LogP contribution in [0.4, 0.5) is 5.69 Å². The second-order valence-electron chi connectivity index (χ2n) is 3.51. The fraction of sp³-hybridized carbons (Fsp3) is 0.0909. The number of sulfonamides is 1. The molecule has 104 valence electrons. The third-order valence-electron chi connectivity index (χ3n) is 2.11. The zero-order valence-electron chi connectivity index (χ0n) is 9.91. The fourth-order valence-corrected chi connectivity index (χ4v) is 3.68. The number of aromatic nitrogens is 1. The van der Waals surface area contributed by atoms with Crippen molar-refractivity contribution in [3.8, 4) is 11.8 Å². The number of nitrogens with one attached hydrogen (secondary N) is 1. The summed E-state index contributed by atoms with van der Waals surface area (Å²) in [6.45, 7) is -0.110. The van der Waals surface area contributed by atoms with E-state index in [1.165, 1.54) is 12.3 Å². The van der Waals surface area contributed by atoms with Gasteiger partial charge in [-0.05, 0) is 12.1 Å². The van der Waals surface area contributed by atoms with Crippen LogP contribution >= 0.6 is 22.9 Å². The molecule has 0 bridgehead atoms. The summed E-state index contributed by atoms with van der Waals surface area (Å²) in [5.41, 5.74) is 0.324. The zero-order valence-corrected chi connectivity index (χ0v) is 12.3. The number of halogens is 1. The normalized spacial score (nSPS) is 10.8. The molecule has 0 unspecified atom stereocenters. The summed E-state index contributed by atoms with van der Waals surface area (Å²) in [6, 6.07) is 8.12. The van der Waals surface area contributed by atoms with Crippen LogP contribution in [0.3, 0.4) is 0 Å². The third-order valence-corrected chi connectivity index (χ3v) is 5.07. The Labute approximate surface area is 124 Å². The molecule has 20 heavy (non-hydrogen) atoms. The number of hydrogen-bond acceptors (Lipinski definition) is 6. The minimum atomic E-state index is -3.73. The summed E-state index contributed by atoms with van der Waals surface area (Å²) in [4.78, 5) is 3.69. The Bertz CT molecular complexity index is 752. The molecule has 0 fully saturated rings. The Hall–Kier alpha value is -1.82. The van der Waals surface area contributed by atoms with Crippen molar-refractivity contribution in [1.29, 1.82) is 5.26 Å². The van der Waals surface area contributed by atoms with Crippen molar-refractivity contribution >= 4 is 38.6 Å². The average Bonchev–Trinajstić information content (AvgIpc) is 2.84. The van der Waals surface area contributed by atoms with E-state index in [0.29, 0.717) is 11.4 Å². The largest absolute Gasteiger partial charge is 0.479 e. The van der Waals surface area contributed by atoms with Gasteiger partial charge in [0.15, 0.2) is 15.3 Å². The fourth-order valence-electron chi connectivity index (χ4n) is 1.33. The maximum absolute atomic E-state index is 12.0. The smallest absolute Gasteiger partial charge is 0.273 e. The first kappa shape index (κ1) is 14.6. The van der Waals surface area contributed by atoms with Crippen molar-refractivity contribution < 1.29 is 13.2 Å². The topological polar surface area (TPSA) is 92.1 Å².